The van der Waals surface area contributed by atoms with Crippen LogP contribution in [0.3, 0.4) is 0 Å². The van der Waals surface area contributed by atoms with E-state index < -0.39 is 38.3 Å². The Morgan fingerprint density at radius 1 is 0.793 bits per heavy atom. The predicted octanol–water partition coefficient (Wildman–Crippen LogP) is 3.07. The van der Waals surface area contributed by atoms with Crippen molar-refractivity contribution in [3.8, 4) is 11.5 Å². The number of anilines is 3. The van der Waals surface area contributed by atoms with Crippen molar-refractivity contribution in [2.45, 2.75) is 0 Å². The fourth-order valence-corrected chi connectivity index (χ4v) is 6.02. The van der Waals surface area contributed by atoms with Gasteiger partial charge in [-0.25, -0.2) is 0 Å². The zero-order valence-electron chi connectivity index (χ0n) is 14.8. The van der Waals surface area contributed by atoms with Gasteiger partial charge in [0.25, 0.3) is 0 Å². The summed E-state index contributed by atoms with van der Waals surface area (Å²) in [6.45, 7) is 0. The predicted molar refractivity (Wildman–Crippen MR) is 108 cm³/mol. The zero-order valence-corrected chi connectivity index (χ0v) is 17.2. The van der Waals surface area contributed by atoms with Crippen molar-refractivity contribution in [2.75, 3.05) is 4.90 Å². The van der Waals surface area contributed by atoms with Crippen LogP contribution in [-0.2, 0) is 9.59 Å². The Hall–Kier alpha value is -3.34. The molecule has 3 heterocycles. The van der Waals surface area contributed by atoms with E-state index in [9.17, 15) is 14.4 Å². The van der Waals surface area contributed by atoms with Gasteiger partial charge in [0.05, 0.1) is 0 Å². The summed E-state index contributed by atoms with van der Waals surface area (Å²) in [7, 11) is 0. The number of ether oxygens (including phenoxy) is 1. The number of carbonyl (C=O) groups is 3. The van der Waals surface area contributed by atoms with Crippen LogP contribution in [0.15, 0.2) is 66.2 Å². The number of nitrogens with one attached hydrogen (secondary N) is 2. The number of amides is 4. The molecule has 2 N–H and O–H groups in total. The Bertz CT molecular complexity index is 1150. The summed E-state index contributed by atoms with van der Waals surface area (Å²) in [6.07, 6.45) is 1.57. The number of carbonyl (C=O) groups excluding carboxylic acids is 3. The van der Waals surface area contributed by atoms with E-state index in [0.717, 1.165) is 30.2 Å². The third kappa shape index (κ3) is 3.12. The van der Waals surface area contributed by atoms with Crippen LogP contribution in [-0.4, -0.2) is 38.3 Å². The Balaban J connectivity index is 1.56. The minimum absolute atomic E-state index is 0.0571. The van der Waals surface area contributed by atoms with E-state index in [-0.39, 0.29) is 5.57 Å². The quantitative estimate of drug-likeness (QED) is 0.252. The molecule has 2 aliphatic rings. The number of fused-ring (bicyclic) bond motifs is 2. The van der Waals surface area contributed by atoms with Crippen molar-refractivity contribution in [3.63, 3.8) is 0 Å². The molecule has 29 heavy (non-hydrogen) atoms. The molecule has 2 aromatic carbocycles. The molecular formula is C21H13N3O4Te. The number of imide groups is 2. The molecule has 1 aromatic heterocycles. The molecule has 7 nitrogen and oxygen atoms in total. The second-order valence-corrected chi connectivity index (χ2v) is 9.47. The van der Waals surface area contributed by atoms with Crippen LogP contribution in [0.4, 0.5) is 19.9 Å². The molecule has 0 unspecified atom stereocenters. The number of urea groups is 1. The molecule has 3 aromatic rings. The molecule has 0 bridgehead atoms. The van der Waals surface area contributed by atoms with E-state index in [4.69, 9.17) is 4.74 Å². The van der Waals surface area contributed by atoms with Crippen LogP contribution in [0, 0.1) is 0 Å². The molecule has 1 fully saturated rings. The molecule has 0 spiro atoms. The van der Waals surface area contributed by atoms with Crippen LogP contribution >= 0.6 is 0 Å². The Labute approximate surface area is 175 Å². The average Bonchev–Trinajstić information content (AvgIpc) is 3.17. The Morgan fingerprint density at radius 3 is 2.00 bits per heavy atom. The first-order valence-corrected chi connectivity index (χ1v) is 11.1. The van der Waals surface area contributed by atoms with Crippen LogP contribution in [0.2, 0.25) is 0 Å². The summed E-state index contributed by atoms with van der Waals surface area (Å²) in [4.78, 5) is 37.4. The van der Waals surface area contributed by atoms with Gasteiger partial charge in [-0.15, -0.1) is 0 Å². The number of hydrogen-bond acceptors (Lipinski definition) is 5. The molecule has 1 saturated heterocycles. The molecule has 2 aliphatic heterocycles. The van der Waals surface area contributed by atoms with Crippen molar-refractivity contribution in [1.29, 1.82) is 0 Å². The topological polar surface area (TPSA) is 87.7 Å². The summed E-state index contributed by atoms with van der Waals surface area (Å²) < 4.78 is 8.06. The average molecular weight is 499 g/mol. The molecule has 142 valence electrons. The van der Waals surface area contributed by atoms with Crippen molar-refractivity contribution in [2.24, 2.45) is 0 Å². The summed E-state index contributed by atoms with van der Waals surface area (Å²) in [6, 6.07) is 18.8. The molecule has 0 radical (unpaired) electrons. The first-order chi connectivity index (χ1) is 14.1. The summed E-state index contributed by atoms with van der Waals surface area (Å²) in [5, 5.41) is 4.20. The molecule has 0 aliphatic carbocycles. The van der Waals surface area contributed by atoms with Gasteiger partial charge in [-0.1, -0.05) is 0 Å². The SMILES string of the molecule is O=C1NC(=O)C(=Cc2ccc(N3c4ccccc4Oc4ccccc43)[te]2)C(=O)N1. The number of nitrogens with zero attached hydrogens (tertiary/aromatic N) is 1. The van der Waals surface area contributed by atoms with E-state index in [0.29, 0.717) is 0 Å². The van der Waals surface area contributed by atoms with Crippen molar-refractivity contribution in [1.82, 2.24) is 10.6 Å². The Morgan fingerprint density at radius 2 is 1.38 bits per heavy atom. The van der Waals surface area contributed by atoms with E-state index in [1.807, 2.05) is 60.7 Å². The van der Waals surface area contributed by atoms with E-state index in [2.05, 4.69) is 15.5 Å². The number of para-hydroxylation sites is 4. The summed E-state index contributed by atoms with van der Waals surface area (Å²) in [5.74, 6) is 0.192. The van der Waals surface area contributed by atoms with Gasteiger partial charge in [0.15, 0.2) is 0 Å². The minimum atomic E-state index is -0.889. The Kier molecular flexibility index (Phi) is 4.23. The van der Waals surface area contributed by atoms with Crippen molar-refractivity contribution in [3.05, 3.63) is 69.8 Å². The van der Waals surface area contributed by atoms with Crippen LogP contribution in [0.1, 0.15) is 3.58 Å². The number of benzene rings is 2. The van der Waals surface area contributed by atoms with E-state index >= 15 is 0 Å². The summed E-state index contributed by atoms with van der Waals surface area (Å²) in [5.41, 5.74) is 1.84. The van der Waals surface area contributed by atoms with Crippen molar-refractivity contribution >= 4 is 59.4 Å². The normalized spacial score (nSPS) is 15.1. The molecule has 5 rings (SSSR count). The third-order valence-electron chi connectivity index (χ3n) is 4.50. The van der Waals surface area contributed by atoms with Crippen LogP contribution < -0.4 is 20.3 Å². The van der Waals surface area contributed by atoms with Gasteiger partial charge in [0.2, 0.25) is 0 Å². The standard InChI is InChI=1S/C21H13N3O4Te/c25-19-13(20(26)23-21(27)22-19)11-12-9-10-18(29-12)24-14-5-1-3-7-16(14)28-17-8-4-2-6-15(17)24/h1-11H,(H2,22,23,25,26,27). The van der Waals surface area contributed by atoms with Gasteiger partial charge in [-0.3, -0.25) is 0 Å². The van der Waals surface area contributed by atoms with Gasteiger partial charge >= 0.3 is 175 Å². The number of barbiturate groups is 1. The fourth-order valence-electron chi connectivity index (χ4n) is 3.23. The summed E-state index contributed by atoms with van der Waals surface area (Å²) >= 11 is -0.889. The second-order valence-electron chi connectivity index (χ2n) is 6.34. The maximum atomic E-state index is 12.0. The van der Waals surface area contributed by atoms with E-state index in [1.54, 1.807) is 6.08 Å². The van der Waals surface area contributed by atoms with Gasteiger partial charge in [0.1, 0.15) is 0 Å². The fraction of sp³-hybridized carbons (Fsp3) is 0. The van der Waals surface area contributed by atoms with Crippen LogP contribution in [0.25, 0.3) is 6.08 Å². The molecule has 0 atom stereocenters. The zero-order chi connectivity index (χ0) is 20.0. The number of hydrogen-bond donors (Lipinski definition) is 2. The second kappa shape index (κ2) is 6.92. The molecule has 4 amide bonds. The molecule has 8 heteroatoms. The van der Waals surface area contributed by atoms with Crippen molar-refractivity contribution < 1.29 is 19.1 Å². The third-order valence-corrected chi connectivity index (χ3v) is 7.40. The maximum absolute atomic E-state index is 12.0. The first-order valence-electron chi connectivity index (χ1n) is 8.74. The first kappa shape index (κ1) is 17.7. The monoisotopic (exact) mass is 501 g/mol. The van der Waals surface area contributed by atoms with Gasteiger partial charge in [-0.2, -0.15) is 0 Å². The molecule has 0 saturated carbocycles. The number of rotatable bonds is 2. The van der Waals surface area contributed by atoms with Gasteiger partial charge in [-0.05, 0) is 0 Å². The van der Waals surface area contributed by atoms with E-state index in [1.165, 1.54) is 0 Å². The molecular weight excluding hydrogens is 486 g/mol. The van der Waals surface area contributed by atoms with Gasteiger partial charge in [0, 0.05) is 0 Å². The van der Waals surface area contributed by atoms with Crippen LogP contribution in [0.5, 0.6) is 11.5 Å². The van der Waals surface area contributed by atoms with Gasteiger partial charge < -0.3 is 0 Å².